The molecular formula is C18H23N3O5S. The van der Waals surface area contributed by atoms with Crippen molar-refractivity contribution in [2.24, 2.45) is 5.92 Å². The van der Waals surface area contributed by atoms with Gasteiger partial charge >= 0.3 is 0 Å². The Morgan fingerprint density at radius 1 is 1.37 bits per heavy atom. The molecule has 0 atom stereocenters. The summed E-state index contributed by atoms with van der Waals surface area (Å²) in [6, 6.07) is 3.54. The van der Waals surface area contributed by atoms with Gasteiger partial charge in [0.25, 0.3) is 0 Å². The molecule has 0 aliphatic carbocycles. The van der Waals surface area contributed by atoms with Gasteiger partial charge < -0.3 is 13.8 Å². The summed E-state index contributed by atoms with van der Waals surface area (Å²) in [7, 11) is -3.65. The number of hydrogen-bond donors (Lipinski definition) is 1. The third-order valence-corrected chi connectivity index (χ3v) is 6.33. The molecule has 0 unspecified atom stereocenters. The number of carbonyl (C=O) groups excluding carboxylic acids is 1. The zero-order valence-electron chi connectivity index (χ0n) is 15.3. The van der Waals surface area contributed by atoms with Crippen molar-refractivity contribution in [3.63, 3.8) is 0 Å². The predicted octanol–water partition coefficient (Wildman–Crippen LogP) is 2.11. The van der Waals surface area contributed by atoms with Crippen LogP contribution in [0.3, 0.4) is 0 Å². The number of carbonyl (C=O) groups is 1. The van der Waals surface area contributed by atoms with Crippen molar-refractivity contribution < 1.29 is 22.2 Å². The normalized spacial score (nSPS) is 16.3. The van der Waals surface area contributed by atoms with Crippen LogP contribution in [0.15, 0.2) is 38.3 Å². The lowest BCUT2D eigenvalue weighted by molar-refractivity contribution is -0.127. The Balaban J connectivity index is 1.49. The standard InChI is InChI=1S/C18H23N3O5S/c1-13-18(14(2)26-20-13)27(23,24)19-12-15-7-9-21(10-8-15)17(22)6-5-16-4-3-11-25-16/h3-6,11,15,19H,7-10,12H2,1-2H3. The van der Waals surface area contributed by atoms with Crippen molar-refractivity contribution in [3.05, 3.63) is 41.7 Å². The van der Waals surface area contributed by atoms with Gasteiger partial charge in [0.05, 0.1) is 6.26 Å². The second-order valence-electron chi connectivity index (χ2n) is 6.62. The molecule has 9 heteroatoms. The van der Waals surface area contributed by atoms with E-state index in [1.54, 1.807) is 43.2 Å². The molecule has 0 saturated carbocycles. The summed E-state index contributed by atoms with van der Waals surface area (Å²) in [4.78, 5) is 14.1. The van der Waals surface area contributed by atoms with Gasteiger partial charge in [0, 0.05) is 25.7 Å². The predicted molar refractivity (Wildman–Crippen MR) is 98.2 cm³/mol. The van der Waals surface area contributed by atoms with E-state index in [4.69, 9.17) is 8.94 Å². The number of nitrogens with one attached hydrogen (secondary N) is 1. The van der Waals surface area contributed by atoms with Crippen molar-refractivity contribution in [1.29, 1.82) is 0 Å². The number of sulfonamides is 1. The van der Waals surface area contributed by atoms with E-state index >= 15 is 0 Å². The number of amides is 1. The highest BCUT2D eigenvalue weighted by atomic mass is 32.2. The smallest absolute Gasteiger partial charge is 0.246 e. The number of likely N-dealkylation sites (tertiary alicyclic amines) is 1. The van der Waals surface area contributed by atoms with Gasteiger partial charge in [-0.25, -0.2) is 13.1 Å². The first kappa shape index (κ1) is 19.4. The molecule has 1 amide bonds. The summed E-state index contributed by atoms with van der Waals surface area (Å²) >= 11 is 0. The summed E-state index contributed by atoms with van der Waals surface area (Å²) in [5, 5.41) is 3.69. The Morgan fingerprint density at radius 3 is 2.70 bits per heavy atom. The maximum absolute atomic E-state index is 12.5. The molecule has 0 radical (unpaired) electrons. The van der Waals surface area contributed by atoms with E-state index in [2.05, 4.69) is 9.88 Å². The molecule has 3 rings (SSSR count). The number of furan rings is 1. The number of piperidine rings is 1. The van der Waals surface area contributed by atoms with Crippen molar-refractivity contribution in [1.82, 2.24) is 14.8 Å². The minimum atomic E-state index is -3.65. The van der Waals surface area contributed by atoms with Crippen molar-refractivity contribution in [2.45, 2.75) is 31.6 Å². The summed E-state index contributed by atoms with van der Waals surface area (Å²) in [6.07, 6.45) is 6.18. The maximum atomic E-state index is 12.5. The second kappa shape index (κ2) is 8.10. The minimum Gasteiger partial charge on any atom is -0.465 e. The number of hydrogen-bond acceptors (Lipinski definition) is 6. The summed E-state index contributed by atoms with van der Waals surface area (Å²) in [5.41, 5.74) is 0.351. The van der Waals surface area contributed by atoms with Gasteiger partial charge in [0.1, 0.15) is 16.3 Å². The van der Waals surface area contributed by atoms with Gasteiger partial charge in [-0.3, -0.25) is 4.79 Å². The van der Waals surface area contributed by atoms with Crippen LogP contribution in [0.5, 0.6) is 0 Å². The second-order valence-corrected chi connectivity index (χ2v) is 8.33. The lowest BCUT2D eigenvalue weighted by Gasteiger charge is -2.31. The van der Waals surface area contributed by atoms with Crippen LogP contribution in [-0.4, -0.2) is 44.0 Å². The van der Waals surface area contributed by atoms with E-state index in [9.17, 15) is 13.2 Å². The topological polar surface area (TPSA) is 106 Å². The highest BCUT2D eigenvalue weighted by Gasteiger charge is 2.27. The Kier molecular flexibility index (Phi) is 5.81. The van der Waals surface area contributed by atoms with Crippen molar-refractivity contribution >= 4 is 22.0 Å². The van der Waals surface area contributed by atoms with E-state index < -0.39 is 10.0 Å². The molecule has 0 aromatic carbocycles. The number of nitrogens with zero attached hydrogens (tertiary/aromatic N) is 2. The summed E-state index contributed by atoms with van der Waals surface area (Å²) in [6.45, 7) is 4.70. The van der Waals surface area contributed by atoms with Crippen molar-refractivity contribution in [3.8, 4) is 0 Å². The molecule has 1 fully saturated rings. The largest absolute Gasteiger partial charge is 0.465 e. The first-order valence-corrected chi connectivity index (χ1v) is 10.3. The summed E-state index contributed by atoms with van der Waals surface area (Å²) in [5.74, 6) is 1.02. The molecule has 1 aliphatic rings. The average molecular weight is 393 g/mol. The van der Waals surface area contributed by atoms with Crippen LogP contribution in [0.1, 0.15) is 30.1 Å². The molecule has 0 bridgehead atoms. The minimum absolute atomic E-state index is 0.0684. The maximum Gasteiger partial charge on any atom is 0.246 e. The van der Waals surface area contributed by atoms with Gasteiger partial charge in [0.2, 0.25) is 15.9 Å². The van der Waals surface area contributed by atoms with Gasteiger partial charge in [-0.05, 0) is 50.8 Å². The zero-order valence-corrected chi connectivity index (χ0v) is 16.2. The van der Waals surface area contributed by atoms with Crippen LogP contribution in [0.25, 0.3) is 6.08 Å². The van der Waals surface area contributed by atoms with Crippen LogP contribution >= 0.6 is 0 Å². The fraction of sp³-hybridized carbons (Fsp3) is 0.444. The van der Waals surface area contributed by atoms with Crippen LogP contribution < -0.4 is 4.72 Å². The Morgan fingerprint density at radius 2 is 2.11 bits per heavy atom. The van der Waals surface area contributed by atoms with E-state index in [0.717, 1.165) is 12.8 Å². The molecule has 1 N–H and O–H groups in total. The number of aryl methyl sites for hydroxylation is 2. The average Bonchev–Trinajstić information content (AvgIpc) is 3.28. The van der Waals surface area contributed by atoms with Gasteiger partial charge in [-0.2, -0.15) is 0 Å². The molecule has 8 nitrogen and oxygen atoms in total. The van der Waals surface area contributed by atoms with E-state index in [1.165, 1.54) is 6.08 Å². The lowest BCUT2D eigenvalue weighted by Crippen LogP contribution is -2.41. The van der Waals surface area contributed by atoms with Crippen LogP contribution in [0.4, 0.5) is 0 Å². The molecule has 1 aliphatic heterocycles. The first-order chi connectivity index (χ1) is 12.9. The van der Waals surface area contributed by atoms with E-state index in [0.29, 0.717) is 31.1 Å². The number of rotatable bonds is 6. The third-order valence-electron chi connectivity index (χ3n) is 4.66. The molecule has 146 valence electrons. The van der Waals surface area contributed by atoms with Gasteiger partial charge in [-0.1, -0.05) is 5.16 Å². The Hall–Kier alpha value is -2.39. The zero-order chi connectivity index (χ0) is 19.4. The molecular weight excluding hydrogens is 370 g/mol. The van der Waals surface area contributed by atoms with Gasteiger partial charge in [0.15, 0.2) is 5.76 Å². The van der Waals surface area contributed by atoms with Crippen LogP contribution in [-0.2, 0) is 14.8 Å². The summed E-state index contributed by atoms with van der Waals surface area (Å²) < 4.78 is 37.7. The van der Waals surface area contributed by atoms with E-state index in [-0.39, 0.29) is 22.5 Å². The fourth-order valence-electron chi connectivity index (χ4n) is 3.16. The lowest BCUT2D eigenvalue weighted by atomic mass is 9.97. The molecule has 2 aromatic heterocycles. The highest BCUT2D eigenvalue weighted by Crippen LogP contribution is 2.21. The molecule has 1 saturated heterocycles. The quantitative estimate of drug-likeness (QED) is 0.754. The molecule has 3 heterocycles. The third kappa shape index (κ3) is 4.67. The van der Waals surface area contributed by atoms with Crippen LogP contribution in [0, 0.1) is 19.8 Å². The Labute approximate surface area is 158 Å². The Bertz CT molecular complexity index is 887. The SMILES string of the molecule is Cc1noc(C)c1S(=O)(=O)NCC1CCN(C(=O)C=Cc2ccco2)CC1. The van der Waals surface area contributed by atoms with E-state index in [1.807, 2.05) is 0 Å². The van der Waals surface area contributed by atoms with Crippen LogP contribution in [0.2, 0.25) is 0 Å². The fourth-order valence-corrected chi connectivity index (χ4v) is 4.60. The molecule has 27 heavy (non-hydrogen) atoms. The van der Waals surface area contributed by atoms with Gasteiger partial charge in [-0.15, -0.1) is 0 Å². The molecule has 2 aromatic rings. The highest BCUT2D eigenvalue weighted by molar-refractivity contribution is 7.89. The van der Waals surface area contributed by atoms with Crippen molar-refractivity contribution in [2.75, 3.05) is 19.6 Å². The molecule has 0 spiro atoms. The first-order valence-electron chi connectivity index (χ1n) is 8.80. The monoisotopic (exact) mass is 393 g/mol. The number of aromatic nitrogens is 1.